The van der Waals surface area contributed by atoms with Crippen molar-refractivity contribution in [1.82, 2.24) is 29.6 Å². The van der Waals surface area contributed by atoms with Crippen LogP contribution in [0.25, 0.3) is 12.0 Å². The first-order valence-corrected chi connectivity index (χ1v) is 9.26. The number of hydrogen-bond donors (Lipinski definition) is 0. The van der Waals surface area contributed by atoms with E-state index in [1.54, 1.807) is 6.07 Å². The van der Waals surface area contributed by atoms with E-state index in [-0.39, 0.29) is 23.7 Å². The number of alkyl halides is 6. The van der Waals surface area contributed by atoms with Gasteiger partial charge in [-0.25, -0.2) is 15.0 Å². The van der Waals surface area contributed by atoms with E-state index in [0.717, 1.165) is 4.90 Å². The predicted octanol–water partition coefficient (Wildman–Crippen LogP) is 4.57. The van der Waals surface area contributed by atoms with Crippen LogP contribution < -0.4 is 0 Å². The lowest BCUT2D eigenvalue weighted by Gasteiger charge is -2.25. The van der Waals surface area contributed by atoms with Crippen molar-refractivity contribution in [3.05, 3.63) is 71.6 Å². The maximum atomic E-state index is 13.2. The third-order valence-corrected chi connectivity index (χ3v) is 4.68. The Morgan fingerprint density at radius 1 is 1.06 bits per heavy atom. The molecule has 1 unspecified atom stereocenters. The van der Waals surface area contributed by atoms with Gasteiger partial charge < -0.3 is 4.90 Å². The zero-order valence-corrected chi connectivity index (χ0v) is 17.2. The van der Waals surface area contributed by atoms with Gasteiger partial charge in [-0.2, -0.15) is 31.0 Å². The summed E-state index contributed by atoms with van der Waals surface area (Å²) in [7, 11) is 1.22. The molecule has 3 rings (SSSR count). The summed E-state index contributed by atoms with van der Waals surface area (Å²) < 4.78 is 80.2. The molecule has 1 amide bonds. The van der Waals surface area contributed by atoms with Gasteiger partial charge in [0.1, 0.15) is 0 Å². The molecule has 1 atom stereocenters. The van der Waals surface area contributed by atoms with Crippen molar-refractivity contribution in [3.63, 3.8) is 0 Å². The highest BCUT2D eigenvalue weighted by Gasteiger charge is 2.38. The maximum Gasteiger partial charge on any atom is 0.416 e. The Labute approximate surface area is 183 Å². The summed E-state index contributed by atoms with van der Waals surface area (Å²) in [4.78, 5) is 26.2. The second-order valence-corrected chi connectivity index (χ2v) is 6.88. The van der Waals surface area contributed by atoms with E-state index < -0.39 is 41.0 Å². The molecule has 0 spiro atoms. The van der Waals surface area contributed by atoms with E-state index in [1.807, 2.05) is 0 Å². The largest absolute Gasteiger partial charge is 0.416 e. The van der Waals surface area contributed by atoms with Gasteiger partial charge in [0, 0.05) is 25.0 Å². The summed E-state index contributed by atoms with van der Waals surface area (Å²) in [5, 5.41) is 4.15. The van der Waals surface area contributed by atoms with Gasteiger partial charge in [0.15, 0.2) is 11.6 Å². The Bertz CT molecular complexity index is 1140. The number of benzene rings is 1. The smallest absolute Gasteiger partial charge is 0.332 e. The minimum absolute atomic E-state index is 0.0417. The molecule has 0 N–H and O–H groups in total. The molecule has 0 aliphatic heterocycles. The predicted molar refractivity (Wildman–Crippen MR) is 104 cm³/mol. The van der Waals surface area contributed by atoms with Crippen LogP contribution in [0.4, 0.5) is 26.3 Å². The average molecular weight is 470 g/mol. The number of nitrogens with zero attached hydrogens (tertiary/aromatic N) is 6. The summed E-state index contributed by atoms with van der Waals surface area (Å²) in [5.41, 5.74) is -3.95. The number of rotatable bonds is 5. The van der Waals surface area contributed by atoms with Crippen LogP contribution in [0.3, 0.4) is 0 Å². The molecule has 0 aliphatic rings. The highest BCUT2D eigenvalue weighted by molar-refractivity contribution is 5.94. The lowest BCUT2D eigenvalue weighted by Crippen LogP contribution is -2.32. The number of aromatic nitrogens is 5. The van der Waals surface area contributed by atoms with Gasteiger partial charge in [0.05, 0.1) is 17.2 Å². The van der Waals surface area contributed by atoms with Crippen LogP contribution in [-0.4, -0.2) is 42.6 Å². The van der Waals surface area contributed by atoms with E-state index in [9.17, 15) is 31.1 Å². The van der Waals surface area contributed by atoms with Crippen LogP contribution in [0.1, 0.15) is 46.1 Å². The number of hydrogen-bond acceptors (Lipinski definition) is 5. The fourth-order valence-corrected chi connectivity index (χ4v) is 2.88. The molecule has 33 heavy (non-hydrogen) atoms. The highest BCUT2D eigenvalue weighted by Crippen LogP contribution is 2.37. The third-order valence-electron chi connectivity index (χ3n) is 4.68. The fraction of sp³-hybridized carbons (Fsp3) is 0.250. The van der Waals surface area contributed by atoms with Gasteiger partial charge in [-0.3, -0.25) is 4.79 Å². The minimum atomic E-state index is -5.08. The Hall–Kier alpha value is -3.77. The number of halogens is 6. The SMILES string of the molecule is C=Cc1nc(C(C)N(C)C(=O)c2cc(C(F)(F)F)cc(C(F)(F)F)c2)n(-c2ncccn2)n1. The van der Waals surface area contributed by atoms with Gasteiger partial charge in [0.2, 0.25) is 0 Å². The molecule has 2 aromatic heterocycles. The van der Waals surface area contributed by atoms with Gasteiger partial charge in [0.25, 0.3) is 11.9 Å². The second kappa shape index (κ2) is 8.64. The van der Waals surface area contributed by atoms with Crippen LogP contribution in [0.2, 0.25) is 0 Å². The Kier molecular flexibility index (Phi) is 6.25. The Morgan fingerprint density at radius 3 is 2.09 bits per heavy atom. The van der Waals surface area contributed by atoms with Gasteiger partial charge in [-0.1, -0.05) is 6.58 Å². The molecule has 0 fully saturated rings. The molecule has 2 heterocycles. The van der Waals surface area contributed by atoms with Crippen LogP contribution in [0.15, 0.2) is 43.2 Å². The summed E-state index contributed by atoms with van der Waals surface area (Å²) in [6.07, 6.45) is -5.97. The van der Waals surface area contributed by atoms with Crippen molar-refractivity contribution in [2.24, 2.45) is 0 Å². The van der Waals surface area contributed by atoms with Crippen molar-refractivity contribution in [3.8, 4) is 5.95 Å². The third kappa shape index (κ3) is 5.02. The zero-order chi connectivity index (χ0) is 24.6. The number of amides is 1. The normalized spacial score (nSPS) is 13.0. The van der Waals surface area contributed by atoms with E-state index in [0.29, 0.717) is 12.1 Å². The Balaban J connectivity index is 2.03. The monoisotopic (exact) mass is 470 g/mol. The molecule has 0 bridgehead atoms. The summed E-state index contributed by atoms with van der Waals surface area (Å²) >= 11 is 0. The lowest BCUT2D eigenvalue weighted by atomic mass is 10.0. The van der Waals surface area contributed by atoms with Crippen LogP contribution in [0.5, 0.6) is 0 Å². The zero-order valence-electron chi connectivity index (χ0n) is 17.2. The number of carbonyl (C=O) groups excluding carboxylic acids is 1. The van der Waals surface area contributed by atoms with Gasteiger partial charge >= 0.3 is 12.4 Å². The molecule has 1 aromatic carbocycles. The molecule has 13 heteroatoms. The highest BCUT2D eigenvalue weighted by atomic mass is 19.4. The van der Waals surface area contributed by atoms with Crippen LogP contribution in [0, 0.1) is 0 Å². The molecule has 0 saturated carbocycles. The molecule has 3 aromatic rings. The first-order chi connectivity index (χ1) is 15.3. The summed E-state index contributed by atoms with van der Waals surface area (Å²) in [5.74, 6) is -0.708. The van der Waals surface area contributed by atoms with E-state index in [4.69, 9.17) is 0 Å². The van der Waals surface area contributed by atoms with Crippen molar-refractivity contribution < 1.29 is 31.1 Å². The molecule has 7 nitrogen and oxygen atoms in total. The molecule has 174 valence electrons. The molecular weight excluding hydrogens is 454 g/mol. The Morgan fingerprint density at radius 2 is 1.61 bits per heavy atom. The van der Waals surface area contributed by atoms with Gasteiger partial charge in [-0.15, -0.1) is 5.10 Å². The summed E-state index contributed by atoms with van der Waals surface area (Å²) in [6.45, 7) is 5.04. The van der Waals surface area contributed by atoms with Crippen LogP contribution in [-0.2, 0) is 12.4 Å². The standard InChI is InChI=1S/C20H16F6N6O/c1-4-15-29-16(32(30-15)18-27-6-5-7-28-18)11(2)31(3)17(33)12-8-13(19(21,22)23)10-14(9-12)20(24,25)26/h4-11H,1H2,2-3H3. The summed E-state index contributed by atoms with van der Waals surface area (Å²) in [6, 6.07) is 1.33. The van der Waals surface area contributed by atoms with E-state index >= 15 is 0 Å². The first-order valence-electron chi connectivity index (χ1n) is 9.26. The first kappa shape index (κ1) is 23.9. The maximum absolute atomic E-state index is 13.2. The molecule has 0 saturated heterocycles. The second-order valence-electron chi connectivity index (χ2n) is 6.88. The van der Waals surface area contributed by atoms with E-state index in [1.165, 1.54) is 37.1 Å². The van der Waals surface area contributed by atoms with Crippen molar-refractivity contribution >= 4 is 12.0 Å². The lowest BCUT2D eigenvalue weighted by molar-refractivity contribution is -0.143. The molecular formula is C20H16F6N6O. The van der Waals surface area contributed by atoms with Crippen LogP contribution >= 0.6 is 0 Å². The van der Waals surface area contributed by atoms with Gasteiger partial charge in [-0.05, 0) is 37.3 Å². The van der Waals surface area contributed by atoms with Crippen molar-refractivity contribution in [2.45, 2.75) is 25.3 Å². The van der Waals surface area contributed by atoms with Crippen molar-refractivity contribution in [2.75, 3.05) is 7.05 Å². The fourth-order valence-electron chi connectivity index (χ4n) is 2.88. The molecule has 0 radical (unpaired) electrons. The topological polar surface area (TPSA) is 76.8 Å². The van der Waals surface area contributed by atoms with E-state index in [2.05, 4.69) is 26.6 Å². The average Bonchev–Trinajstić information content (AvgIpc) is 3.21. The molecule has 0 aliphatic carbocycles. The minimum Gasteiger partial charge on any atom is -0.332 e. The number of carbonyl (C=O) groups is 1. The quantitative estimate of drug-likeness (QED) is 0.511. The van der Waals surface area contributed by atoms with Crippen molar-refractivity contribution in [1.29, 1.82) is 0 Å².